The molecule has 0 radical (unpaired) electrons. The highest BCUT2D eigenvalue weighted by atomic mass is 16.5. The lowest BCUT2D eigenvalue weighted by Gasteiger charge is -2.14. The Balaban J connectivity index is 2.74. The lowest BCUT2D eigenvalue weighted by molar-refractivity contribution is 0.355. The molecule has 0 aliphatic carbocycles. The first-order valence-corrected chi connectivity index (χ1v) is 6.67. The van der Waals surface area contributed by atoms with Crippen LogP contribution in [0.1, 0.15) is 0 Å². The molecule has 0 amide bonds. The van der Waals surface area contributed by atoms with E-state index in [0.29, 0.717) is 29.3 Å². The van der Waals surface area contributed by atoms with Crippen molar-refractivity contribution in [1.29, 1.82) is 0 Å². The van der Waals surface area contributed by atoms with Crippen LogP contribution in [-0.2, 0) is 13.6 Å². The molecule has 0 bridgehead atoms. The van der Waals surface area contributed by atoms with Crippen LogP contribution in [0.3, 0.4) is 0 Å². The minimum absolute atomic E-state index is 0.302. The van der Waals surface area contributed by atoms with Gasteiger partial charge in [0.25, 0.3) is 5.56 Å². The van der Waals surface area contributed by atoms with E-state index < -0.39 is 5.69 Å². The molecule has 116 valence electrons. The van der Waals surface area contributed by atoms with Gasteiger partial charge in [0.2, 0.25) is 0 Å². The first-order chi connectivity index (χ1) is 10.5. The second-order valence-corrected chi connectivity index (χ2v) is 4.68. The summed E-state index contributed by atoms with van der Waals surface area (Å²) < 4.78 is 13.0. The van der Waals surface area contributed by atoms with Gasteiger partial charge in [-0.2, -0.15) is 0 Å². The predicted octanol–water partition coefficient (Wildman–Crippen LogP) is 1.42. The van der Waals surface area contributed by atoms with E-state index >= 15 is 0 Å². The van der Waals surface area contributed by atoms with E-state index in [0.717, 1.165) is 4.57 Å². The van der Waals surface area contributed by atoms with Gasteiger partial charge >= 0.3 is 5.69 Å². The first kappa shape index (κ1) is 15.6. The van der Waals surface area contributed by atoms with Crippen LogP contribution in [0, 0.1) is 0 Å². The molecule has 6 nitrogen and oxygen atoms in total. The summed E-state index contributed by atoms with van der Waals surface area (Å²) in [5.41, 5.74) is 0.440. The fourth-order valence-electron chi connectivity index (χ4n) is 2.21. The third kappa shape index (κ3) is 2.67. The monoisotopic (exact) mass is 302 g/mol. The average Bonchev–Trinajstić information content (AvgIpc) is 2.54. The van der Waals surface area contributed by atoms with Crippen LogP contribution in [0.15, 0.2) is 46.5 Å². The summed E-state index contributed by atoms with van der Waals surface area (Å²) in [6.45, 7) is 3.96. The molecular weight excluding hydrogens is 284 g/mol. The van der Waals surface area contributed by atoms with Gasteiger partial charge in [0.05, 0.1) is 19.9 Å². The Bertz CT molecular complexity index is 818. The summed E-state index contributed by atoms with van der Waals surface area (Å²) in [5, 5.41) is 0. The van der Waals surface area contributed by atoms with Crippen LogP contribution in [0.5, 0.6) is 11.5 Å². The smallest absolute Gasteiger partial charge is 0.331 e. The first-order valence-electron chi connectivity index (χ1n) is 6.67. The number of rotatable bonds is 5. The number of hydrogen-bond acceptors (Lipinski definition) is 4. The van der Waals surface area contributed by atoms with Gasteiger partial charge in [-0.05, 0) is 18.2 Å². The van der Waals surface area contributed by atoms with Crippen molar-refractivity contribution >= 4 is 0 Å². The molecule has 0 N–H and O–H groups in total. The Kier molecular flexibility index (Phi) is 4.50. The van der Waals surface area contributed by atoms with E-state index in [1.54, 1.807) is 31.4 Å². The fourth-order valence-corrected chi connectivity index (χ4v) is 2.21. The molecule has 0 spiro atoms. The highest BCUT2D eigenvalue weighted by Gasteiger charge is 2.12. The number of allylic oxidation sites excluding steroid dienone is 1. The molecule has 22 heavy (non-hydrogen) atoms. The third-order valence-corrected chi connectivity index (χ3v) is 3.39. The molecule has 2 aromatic rings. The van der Waals surface area contributed by atoms with Crippen molar-refractivity contribution in [1.82, 2.24) is 9.13 Å². The van der Waals surface area contributed by atoms with Gasteiger partial charge in [0.15, 0.2) is 11.5 Å². The van der Waals surface area contributed by atoms with E-state index in [1.807, 2.05) is 0 Å². The van der Waals surface area contributed by atoms with Crippen molar-refractivity contribution in [2.24, 2.45) is 7.05 Å². The molecule has 1 aromatic carbocycles. The van der Waals surface area contributed by atoms with E-state index in [2.05, 4.69) is 6.58 Å². The minimum atomic E-state index is -0.391. The number of ether oxygens (including phenoxy) is 2. The van der Waals surface area contributed by atoms with Crippen molar-refractivity contribution in [2.75, 3.05) is 14.2 Å². The summed E-state index contributed by atoms with van der Waals surface area (Å²) in [5.74, 6) is 1.10. The Morgan fingerprint density at radius 2 is 1.82 bits per heavy atom. The molecular formula is C16H18N2O4. The maximum atomic E-state index is 12.3. The van der Waals surface area contributed by atoms with E-state index in [1.165, 1.54) is 24.8 Å². The van der Waals surface area contributed by atoms with Gasteiger partial charge in [-0.3, -0.25) is 13.9 Å². The van der Waals surface area contributed by atoms with Crippen molar-refractivity contribution < 1.29 is 9.47 Å². The molecule has 0 fully saturated rings. The molecule has 0 saturated heterocycles. The van der Waals surface area contributed by atoms with Crippen LogP contribution < -0.4 is 20.7 Å². The van der Waals surface area contributed by atoms with Crippen LogP contribution in [0.2, 0.25) is 0 Å². The lowest BCUT2D eigenvalue weighted by Crippen LogP contribution is -2.38. The van der Waals surface area contributed by atoms with Crippen molar-refractivity contribution in [2.45, 2.75) is 6.54 Å². The molecule has 0 atom stereocenters. The second kappa shape index (κ2) is 6.34. The van der Waals surface area contributed by atoms with Crippen molar-refractivity contribution in [3.63, 3.8) is 0 Å². The lowest BCUT2D eigenvalue weighted by atomic mass is 10.1. The normalized spacial score (nSPS) is 10.3. The molecule has 0 aliphatic rings. The Labute approximate surface area is 127 Å². The maximum absolute atomic E-state index is 12.3. The second-order valence-electron chi connectivity index (χ2n) is 4.68. The van der Waals surface area contributed by atoms with Crippen molar-refractivity contribution in [3.8, 4) is 22.8 Å². The standard InChI is InChI=1S/C16H18N2O4/c1-5-8-18-12(10-15(19)17(2)16(18)20)11-6-7-13(21-3)14(9-11)22-4/h5-7,9-10H,1,8H2,2-4H3. The number of nitrogens with zero attached hydrogens (tertiary/aromatic N) is 2. The zero-order valence-electron chi connectivity index (χ0n) is 12.8. The zero-order valence-corrected chi connectivity index (χ0v) is 12.8. The van der Waals surface area contributed by atoms with Gasteiger partial charge in [-0.15, -0.1) is 6.58 Å². The molecule has 0 unspecified atom stereocenters. The topological polar surface area (TPSA) is 62.5 Å². The summed E-state index contributed by atoms with van der Waals surface area (Å²) in [4.78, 5) is 24.2. The van der Waals surface area contributed by atoms with E-state index in [4.69, 9.17) is 9.47 Å². The third-order valence-electron chi connectivity index (χ3n) is 3.39. The average molecular weight is 302 g/mol. The van der Waals surface area contributed by atoms with Crippen LogP contribution >= 0.6 is 0 Å². The van der Waals surface area contributed by atoms with Gasteiger partial charge in [-0.25, -0.2) is 4.79 Å². The van der Waals surface area contributed by atoms with Gasteiger partial charge < -0.3 is 9.47 Å². The maximum Gasteiger partial charge on any atom is 0.331 e. The minimum Gasteiger partial charge on any atom is -0.493 e. The number of aromatic nitrogens is 2. The number of benzene rings is 1. The van der Waals surface area contributed by atoms with Gasteiger partial charge in [0.1, 0.15) is 0 Å². The number of hydrogen-bond donors (Lipinski definition) is 0. The van der Waals surface area contributed by atoms with Crippen LogP contribution in [0.25, 0.3) is 11.3 Å². The van der Waals surface area contributed by atoms with E-state index in [-0.39, 0.29) is 5.56 Å². The molecule has 2 rings (SSSR count). The summed E-state index contributed by atoms with van der Waals surface area (Å²) in [6.07, 6.45) is 1.61. The Morgan fingerprint density at radius 1 is 1.14 bits per heavy atom. The van der Waals surface area contributed by atoms with E-state index in [9.17, 15) is 9.59 Å². The molecule has 6 heteroatoms. The van der Waals surface area contributed by atoms with Crippen molar-refractivity contribution in [3.05, 3.63) is 57.8 Å². The highest BCUT2D eigenvalue weighted by Crippen LogP contribution is 2.31. The SMILES string of the molecule is C=CCn1c(-c2ccc(OC)c(OC)c2)cc(=O)n(C)c1=O. The highest BCUT2D eigenvalue weighted by molar-refractivity contribution is 5.64. The molecule has 1 heterocycles. The summed E-state index contributed by atoms with van der Waals surface area (Å²) in [6, 6.07) is 6.66. The Hall–Kier alpha value is -2.76. The quantitative estimate of drug-likeness (QED) is 0.784. The summed E-state index contributed by atoms with van der Waals surface area (Å²) >= 11 is 0. The zero-order chi connectivity index (χ0) is 16.3. The summed E-state index contributed by atoms with van der Waals surface area (Å²) in [7, 11) is 4.52. The number of methoxy groups -OCH3 is 2. The Morgan fingerprint density at radius 3 is 2.41 bits per heavy atom. The van der Waals surface area contributed by atoms with Gasteiger partial charge in [-0.1, -0.05) is 6.08 Å². The van der Waals surface area contributed by atoms with Crippen LogP contribution in [-0.4, -0.2) is 23.4 Å². The van der Waals surface area contributed by atoms with Gasteiger partial charge in [0, 0.05) is 25.2 Å². The fraction of sp³-hybridized carbons (Fsp3) is 0.250. The largest absolute Gasteiger partial charge is 0.493 e. The molecule has 1 aromatic heterocycles. The molecule has 0 saturated carbocycles. The molecule has 0 aliphatic heterocycles. The van der Waals surface area contributed by atoms with Crippen LogP contribution in [0.4, 0.5) is 0 Å². The predicted molar refractivity (Wildman–Crippen MR) is 84.7 cm³/mol.